The molecule has 0 bridgehead atoms. The summed E-state index contributed by atoms with van der Waals surface area (Å²) in [7, 11) is 1.55. The Morgan fingerprint density at radius 3 is 2.82 bits per heavy atom. The molecule has 0 aromatic carbocycles. The molecule has 1 aromatic heterocycles. The van der Waals surface area contributed by atoms with Crippen LogP contribution < -0.4 is 16.4 Å². The van der Waals surface area contributed by atoms with Crippen molar-refractivity contribution in [3.05, 3.63) is 16.3 Å². The molecule has 0 aliphatic carbocycles. The Kier molecular flexibility index (Phi) is 5.44. The fourth-order valence-electron chi connectivity index (χ4n) is 1.10. The maximum absolute atomic E-state index is 11.6. The van der Waals surface area contributed by atoms with Gasteiger partial charge in [0.25, 0.3) is 5.91 Å². The summed E-state index contributed by atoms with van der Waals surface area (Å²) < 4.78 is 4.78. The number of nitrogen functional groups attached to an aromatic ring is 1. The summed E-state index contributed by atoms with van der Waals surface area (Å²) in [6.07, 6.45) is 0. The summed E-state index contributed by atoms with van der Waals surface area (Å²) in [5, 5.41) is 6.81. The molecule has 0 spiro atoms. The van der Waals surface area contributed by atoms with E-state index in [2.05, 4.69) is 10.6 Å². The number of carbonyl (C=O) groups is 2. The number of amides is 2. The highest BCUT2D eigenvalue weighted by Gasteiger charge is 2.11. The number of methoxy groups -OCH3 is 1. The van der Waals surface area contributed by atoms with Gasteiger partial charge < -0.3 is 21.1 Å². The predicted octanol–water partition coefficient (Wildman–Crippen LogP) is -0.177. The van der Waals surface area contributed by atoms with Gasteiger partial charge in [0.05, 0.1) is 18.8 Å². The van der Waals surface area contributed by atoms with Crippen LogP contribution in [0.4, 0.5) is 5.69 Å². The van der Waals surface area contributed by atoms with Gasteiger partial charge in [0, 0.05) is 13.7 Å². The second-order valence-electron chi connectivity index (χ2n) is 3.23. The van der Waals surface area contributed by atoms with Gasteiger partial charge in [0.2, 0.25) is 5.91 Å². The van der Waals surface area contributed by atoms with Crippen LogP contribution >= 0.6 is 11.3 Å². The molecule has 0 aliphatic rings. The van der Waals surface area contributed by atoms with Crippen molar-refractivity contribution in [2.24, 2.45) is 0 Å². The summed E-state index contributed by atoms with van der Waals surface area (Å²) >= 11 is 1.24. The van der Waals surface area contributed by atoms with Crippen molar-refractivity contribution in [2.75, 3.05) is 32.5 Å². The van der Waals surface area contributed by atoms with Gasteiger partial charge in [-0.3, -0.25) is 9.59 Å². The molecule has 0 atom stereocenters. The van der Waals surface area contributed by atoms with Crippen molar-refractivity contribution >= 4 is 28.8 Å². The molecule has 6 nitrogen and oxygen atoms in total. The lowest BCUT2D eigenvalue weighted by Crippen LogP contribution is -2.38. The van der Waals surface area contributed by atoms with E-state index in [1.807, 2.05) is 0 Å². The van der Waals surface area contributed by atoms with Gasteiger partial charge >= 0.3 is 0 Å². The third-order valence-corrected chi connectivity index (χ3v) is 2.87. The normalized spacial score (nSPS) is 9.94. The second-order valence-corrected chi connectivity index (χ2v) is 4.15. The lowest BCUT2D eigenvalue weighted by atomic mass is 10.4. The van der Waals surface area contributed by atoms with E-state index in [4.69, 9.17) is 10.5 Å². The van der Waals surface area contributed by atoms with E-state index in [0.29, 0.717) is 23.7 Å². The van der Waals surface area contributed by atoms with Crippen molar-refractivity contribution in [2.45, 2.75) is 0 Å². The lowest BCUT2D eigenvalue weighted by molar-refractivity contribution is -0.120. The van der Waals surface area contributed by atoms with Crippen LogP contribution in [0, 0.1) is 0 Å². The Balaban J connectivity index is 2.29. The highest BCUT2D eigenvalue weighted by atomic mass is 32.1. The van der Waals surface area contributed by atoms with E-state index in [9.17, 15) is 9.59 Å². The van der Waals surface area contributed by atoms with Crippen molar-refractivity contribution in [1.82, 2.24) is 10.6 Å². The molecule has 1 heterocycles. The number of thiophene rings is 1. The van der Waals surface area contributed by atoms with Gasteiger partial charge in [-0.1, -0.05) is 0 Å². The molecule has 0 radical (unpaired) electrons. The highest BCUT2D eigenvalue weighted by Crippen LogP contribution is 2.17. The zero-order valence-corrected chi connectivity index (χ0v) is 10.3. The van der Waals surface area contributed by atoms with E-state index in [0.717, 1.165) is 0 Å². The van der Waals surface area contributed by atoms with Gasteiger partial charge in [0.15, 0.2) is 0 Å². The largest absolute Gasteiger partial charge is 0.397 e. The van der Waals surface area contributed by atoms with Crippen LogP contribution in [0.2, 0.25) is 0 Å². The first-order valence-electron chi connectivity index (χ1n) is 5.02. The number of rotatable bonds is 6. The Morgan fingerprint density at radius 1 is 1.47 bits per heavy atom. The molecule has 0 fully saturated rings. The van der Waals surface area contributed by atoms with Crippen LogP contribution in [0.15, 0.2) is 11.4 Å². The van der Waals surface area contributed by atoms with Gasteiger partial charge in [-0.2, -0.15) is 0 Å². The Bertz CT molecular complexity index is 392. The van der Waals surface area contributed by atoms with Crippen molar-refractivity contribution < 1.29 is 14.3 Å². The van der Waals surface area contributed by atoms with Crippen LogP contribution in [-0.4, -0.2) is 38.6 Å². The molecule has 2 amide bonds. The van der Waals surface area contributed by atoms with E-state index < -0.39 is 0 Å². The van der Waals surface area contributed by atoms with Crippen LogP contribution in [0.3, 0.4) is 0 Å². The van der Waals surface area contributed by atoms with Crippen LogP contribution in [0.1, 0.15) is 9.67 Å². The topological polar surface area (TPSA) is 93.5 Å². The number of ether oxygens (including phenoxy) is 1. The average Bonchev–Trinajstić information content (AvgIpc) is 2.73. The molecule has 4 N–H and O–H groups in total. The Morgan fingerprint density at radius 2 is 2.24 bits per heavy atom. The van der Waals surface area contributed by atoms with E-state index in [1.165, 1.54) is 11.3 Å². The molecule has 1 aromatic rings. The van der Waals surface area contributed by atoms with Crippen molar-refractivity contribution in [3.8, 4) is 0 Å². The molecule has 94 valence electrons. The molecule has 1 rings (SSSR count). The molecule has 7 heteroatoms. The molecular formula is C10H15N3O3S. The average molecular weight is 257 g/mol. The Hall–Kier alpha value is -1.60. The summed E-state index contributed by atoms with van der Waals surface area (Å²) in [6.45, 7) is 0.795. The van der Waals surface area contributed by atoms with Gasteiger partial charge in [-0.25, -0.2) is 0 Å². The standard InChI is InChI=1S/C10H15N3O3S/c1-16-4-3-12-8(14)6-13-10(15)9-7(11)2-5-17-9/h2,5H,3-4,6,11H2,1H3,(H,12,14)(H,13,15). The number of anilines is 1. The summed E-state index contributed by atoms with van der Waals surface area (Å²) in [4.78, 5) is 23.3. The molecule has 0 aliphatic heterocycles. The highest BCUT2D eigenvalue weighted by molar-refractivity contribution is 7.12. The third kappa shape index (κ3) is 4.41. The zero-order valence-electron chi connectivity index (χ0n) is 9.49. The van der Waals surface area contributed by atoms with Crippen molar-refractivity contribution in [1.29, 1.82) is 0 Å². The summed E-state index contributed by atoms with van der Waals surface area (Å²) in [6, 6.07) is 1.65. The fourth-order valence-corrected chi connectivity index (χ4v) is 1.83. The number of hydrogen-bond acceptors (Lipinski definition) is 5. The molecule has 0 saturated carbocycles. The fraction of sp³-hybridized carbons (Fsp3) is 0.400. The van der Waals surface area contributed by atoms with Gasteiger partial charge in [0.1, 0.15) is 4.88 Å². The third-order valence-electron chi connectivity index (χ3n) is 1.94. The number of hydrogen-bond donors (Lipinski definition) is 3. The van der Waals surface area contributed by atoms with E-state index in [-0.39, 0.29) is 18.4 Å². The zero-order chi connectivity index (χ0) is 12.7. The number of nitrogens with one attached hydrogen (secondary N) is 2. The van der Waals surface area contributed by atoms with E-state index >= 15 is 0 Å². The van der Waals surface area contributed by atoms with Crippen LogP contribution in [0.25, 0.3) is 0 Å². The second kappa shape index (κ2) is 6.87. The SMILES string of the molecule is COCCNC(=O)CNC(=O)c1sccc1N. The molecular weight excluding hydrogens is 242 g/mol. The molecule has 0 saturated heterocycles. The van der Waals surface area contributed by atoms with Crippen molar-refractivity contribution in [3.63, 3.8) is 0 Å². The monoisotopic (exact) mass is 257 g/mol. The number of nitrogens with two attached hydrogens (primary N) is 1. The van der Waals surface area contributed by atoms with Gasteiger partial charge in [-0.05, 0) is 11.4 Å². The van der Waals surface area contributed by atoms with Gasteiger partial charge in [-0.15, -0.1) is 11.3 Å². The van der Waals surface area contributed by atoms with Crippen LogP contribution in [-0.2, 0) is 9.53 Å². The summed E-state index contributed by atoms with van der Waals surface area (Å²) in [5.41, 5.74) is 6.00. The Labute approximate surface area is 103 Å². The quantitative estimate of drug-likeness (QED) is 0.616. The molecule has 17 heavy (non-hydrogen) atoms. The lowest BCUT2D eigenvalue weighted by Gasteiger charge is -2.05. The minimum atomic E-state index is -0.334. The van der Waals surface area contributed by atoms with E-state index in [1.54, 1.807) is 18.6 Å². The smallest absolute Gasteiger partial charge is 0.263 e. The maximum atomic E-state index is 11.6. The first-order valence-corrected chi connectivity index (χ1v) is 5.90. The molecule has 0 unspecified atom stereocenters. The first kappa shape index (κ1) is 13.5. The minimum Gasteiger partial charge on any atom is -0.397 e. The predicted molar refractivity (Wildman–Crippen MR) is 66.0 cm³/mol. The maximum Gasteiger partial charge on any atom is 0.263 e. The first-order chi connectivity index (χ1) is 8.15. The number of carbonyl (C=O) groups excluding carboxylic acids is 2. The minimum absolute atomic E-state index is 0.0696. The summed E-state index contributed by atoms with van der Waals surface area (Å²) in [5.74, 6) is -0.593. The van der Waals surface area contributed by atoms with Crippen LogP contribution in [0.5, 0.6) is 0 Å².